The molecule has 1 aromatic rings. The Morgan fingerprint density at radius 3 is 2.61 bits per heavy atom. The molecule has 1 fully saturated rings. The first kappa shape index (κ1) is 17.2. The molecule has 0 saturated carbocycles. The van der Waals surface area contributed by atoms with Gasteiger partial charge in [0.25, 0.3) is 0 Å². The molecule has 0 radical (unpaired) electrons. The average molecular weight is 321 g/mol. The number of urea groups is 1. The Labute approximate surface area is 136 Å². The summed E-state index contributed by atoms with van der Waals surface area (Å²) in [5, 5.41) is 5.18. The van der Waals surface area contributed by atoms with Gasteiger partial charge in [0.1, 0.15) is 5.82 Å². The standard InChI is InChI=1S/C17H24FN3O2/c1-12(22)19-13-5-6-14(18)15(11-13)20-16(23)21-9-4-7-17(2,3)8-10-21/h5-6,11H,4,7-10H2,1-3H3,(H,19,22)(H,20,23). The van der Waals surface area contributed by atoms with Crippen molar-refractivity contribution in [3.63, 3.8) is 0 Å². The van der Waals surface area contributed by atoms with Crippen molar-refractivity contribution in [3.05, 3.63) is 24.0 Å². The third-order valence-electron chi connectivity index (χ3n) is 4.16. The lowest BCUT2D eigenvalue weighted by atomic mass is 9.85. The molecule has 0 unspecified atom stereocenters. The molecule has 1 aromatic carbocycles. The first-order valence-electron chi connectivity index (χ1n) is 7.90. The molecule has 0 spiro atoms. The van der Waals surface area contributed by atoms with Gasteiger partial charge in [-0.2, -0.15) is 0 Å². The molecule has 5 nitrogen and oxygen atoms in total. The first-order valence-corrected chi connectivity index (χ1v) is 7.90. The zero-order chi connectivity index (χ0) is 17.0. The number of carbonyl (C=O) groups is 2. The van der Waals surface area contributed by atoms with Crippen molar-refractivity contribution >= 4 is 23.3 Å². The van der Waals surface area contributed by atoms with Gasteiger partial charge in [0.2, 0.25) is 5.91 Å². The van der Waals surface area contributed by atoms with Crippen LogP contribution in [0.15, 0.2) is 18.2 Å². The molecule has 2 rings (SSSR count). The number of benzene rings is 1. The Balaban J connectivity index is 2.06. The quantitative estimate of drug-likeness (QED) is 0.869. The minimum Gasteiger partial charge on any atom is -0.326 e. The molecule has 0 bridgehead atoms. The van der Waals surface area contributed by atoms with Crippen LogP contribution >= 0.6 is 0 Å². The Kier molecular flexibility index (Phi) is 5.23. The molecule has 6 heteroatoms. The van der Waals surface area contributed by atoms with Crippen LogP contribution in [0.1, 0.15) is 40.0 Å². The fourth-order valence-electron chi connectivity index (χ4n) is 2.72. The molecule has 3 amide bonds. The summed E-state index contributed by atoms with van der Waals surface area (Å²) in [6.45, 7) is 7.10. The van der Waals surface area contributed by atoms with E-state index in [0.717, 1.165) is 19.3 Å². The highest BCUT2D eigenvalue weighted by molar-refractivity contribution is 5.92. The number of anilines is 2. The summed E-state index contributed by atoms with van der Waals surface area (Å²) in [5.74, 6) is -0.772. The molecule has 0 aliphatic carbocycles. The summed E-state index contributed by atoms with van der Waals surface area (Å²) in [7, 11) is 0. The van der Waals surface area contributed by atoms with Crippen molar-refractivity contribution < 1.29 is 14.0 Å². The van der Waals surface area contributed by atoms with Crippen LogP contribution in [0, 0.1) is 11.2 Å². The Morgan fingerprint density at radius 1 is 1.17 bits per heavy atom. The summed E-state index contributed by atoms with van der Waals surface area (Å²) in [5.41, 5.74) is 0.752. The summed E-state index contributed by atoms with van der Waals surface area (Å²) < 4.78 is 13.9. The van der Waals surface area contributed by atoms with Gasteiger partial charge in [0.15, 0.2) is 0 Å². The van der Waals surface area contributed by atoms with Crippen molar-refractivity contribution in [1.82, 2.24) is 4.90 Å². The predicted octanol–water partition coefficient (Wildman–Crippen LogP) is 3.83. The average Bonchev–Trinajstić information content (AvgIpc) is 2.63. The molecule has 1 aliphatic rings. The van der Waals surface area contributed by atoms with Crippen molar-refractivity contribution in [1.29, 1.82) is 0 Å². The number of carbonyl (C=O) groups excluding carboxylic acids is 2. The van der Waals surface area contributed by atoms with E-state index in [2.05, 4.69) is 24.5 Å². The smallest absolute Gasteiger partial charge is 0.321 e. The SMILES string of the molecule is CC(=O)Nc1ccc(F)c(NC(=O)N2CCCC(C)(C)CC2)c1. The second-order valence-electron chi connectivity index (χ2n) is 6.81. The molecular formula is C17H24FN3O2. The Hall–Kier alpha value is -2.11. The molecule has 2 N–H and O–H groups in total. The second kappa shape index (κ2) is 6.98. The highest BCUT2D eigenvalue weighted by atomic mass is 19.1. The number of halogens is 1. The van der Waals surface area contributed by atoms with E-state index in [1.807, 2.05) is 0 Å². The third kappa shape index (κ3) is 4.94. The van der Waals surface area contributed by atoms with Crippen molar-refractivity contribution in [2.75, 3.05) is 23.7 Å². The fourth-order valence-corrected chi connectivity index (χ4v) is 2.72. The van der Waals surface area contributed by atoms with Gasteiger partial charge in [0, 0.05) is 25.7 Å². The highest BCUT2D eigenvalue weighted by Crippen LogP contribution is 2.30. The van der Waals surface area contributed by atoms with Gasteiger partial charge in [-0.25, -0.2) is 9.18 Å². The monoisotopic (exact) mass is 321 g/mol. The second-order valence-corrected chi connectivity index (χ2v) is 6.81. The molecule has 23 heavy (non-hydrogen) atoms. The van der Waals surface area contributed by atoms with Crippen molar-refractivity contribution in [2.24, 2.45) is 5.41 Å². The lowest BCUT2D eigenvalue weighted by Gasteiger charge is -2.23. The number of nitrogens with zero attached hydrogens (tertiary/aromatic N) is 1. The first-order chi connectivity index (χ1) is 10.8. The van der Waals surface area contributed by atoms with Crippen LogP contribution in [0.3, 0.4) is 0 Å². The van der Waals surface area contributed by atoms with Gasteiger partial charge >= 0.3 is 6.03 Å². The predicted molar refractivity (Wildman–Crippen MR) is 88.9 cm³/mol. The molecule has 0 aromatic heterocycles. The van der Waals surface area contributed by atoms with E-state index in [1.54, 1.807) is 4.90 Å². The number of hydrogen-bond donors (Lipinski definition) is 2. The minimum atomic E-state index is -0.525. The van der Waals surface area contributed by atoms with Gasteiger partial charge in [-0.15, -0.1) is 0 Å². The zero-order valence-electron chi connectivity index (χ0n) is 13.9. The highest BCUT2D eigenvalue weighted by Gasteiger charge is 2.25. The van der Waals surface area contributed by atoms with E-state index >= 15 is 0 Å². The van der Waals surface area contributed by atoms with Crippen LogP contribution in [0.5, 0.6) is 0 Å². The Morgan fingerprint density at radius 2 is 1.91 bits per heavy atom. The maximum atomic E-state index is 13.9. The topological polar surface area (TPSA) is 61.4 Å². The Bertz CT molecular complexity index is 602. The van der Waals surface area contributed by atoms with Gasteiger partial charge in [0.05, 0.1) is 5.69 Å². The van der Waals surface area contributed by atoms with Gasteiger partial charge in [-0.1, -0.05) is 13.8 Å². The van der Waals surface area contributed by atoms with E-state index < -0.39 is 5.82 Å². The maximum absolute atomic E-state index is 13.9. The zero-order valence-corrected chi connectivity index (χ0v) is 13.9. The van der Waals surface area contributed by atoms with Crippen LogP contribution in [0.25, 0.3) is 0 Å². The van der Waals surface area contributed by atoms with Crippen LogP contribution in [0.4, 0.5) is 20.6 Å². The third-order valence-corrected chi connectivity index (χ3v) is 4.16. The van der Waals surface area contributed by atoms with E-state index in [1.165, 1.54) is 25.1 Å². The van der Waals surface area contributed by atoms with Crippen LogP contribution in [-0.4, -0.2) is 29.9 Å². The molecule has 126 valence electrons. The van der Waals surface area contributed by atoms with E-state index in [-0.39, 0.29) is 23.0 Å². The molecule has 0 atom stereocenters. The lowest BCUT2D eigenvalue weighted by molar-refractivity contribution is -0.114. The van der Waals surface area contributed by atoms with Gasteiger partial charge in [-0.3, -0.25) is 4.79 Å². The summed E-state index contributed by atoms with van der Waals surface area (Å²) >= 11 is 0. The normalized spacial score (nSPS) is 17.3. The van der Waals surface area contributed by atoms with Crippen LogP contribution in [-0.2, 0) is 4.79 Å². The largest absolute Gasteiger partial charge is 0.326 e. The number of hydrogen-bond acceptors (Lipinski definition) is 2. The number of rotatable bonds is 2. The summed E-state index contributed by atoms with van der Waals surface area (Å²) in [4.78, 5) is 25.2. The number of nitrogens with one attached hydrogen (secondary N) is 2. The minimum absolute atomic E-state index is 0.0738. The van der Waals surface area contributed by atoms with Gasteiger partial charge < -0.3 is 15.5 Å². The van der Waals surface area contributed by atoms with E-state index in [4.69, 9.17) is 0 Å². The maximum Gasteiger partial charge on any atom is 0.321 e. The molecule has 1 saturated heterocycles. The van der Waals surface area contributed by atoms with Crippen LogP contribution in [0.2, 0.25) is 0 Å². The summed E-state index contributed by atoms with van der Waals surface area (Å²) in [6.07, 6.45) is 2.94. The molecule has 1 heterocycles. The van der Waals surface area contributed by atoms with Crippen molar-refractivity contribution in [2.45, 2.75) is 40.0 Å². The van der Waals surface area contributed by atoms with Crippen molar-refractivity contribution in [3.8, 4) is 0 Å². The number of likely N-dealkylation sites (tertiary alicyclic amines) is 1. The van der Waals surface area contributed by atoms with E-state index in [9.17, 15) is 14.0 Å². The number of amides is 3. The summed E-state index contributed by atoms with van der Waals surface area (Å²) in [6, 6.07) is 3.81. The molecule has 1 aliphatic heterocycles. The lowest BCUT2D eigenvalue weighted by Crippen LogP contribution is -2.36. The van der Waals surface area contributed by atoms with Gasteiger partial charge in [-0.05, 0) is 42.9 Å². The fraction of sp³-hybridized carbons (Fsp3) is 0.529. The van der Waals surface area contributed by atoms with E-state index in [0.29, 0.717) is 18.8 Å². The van der Waals surface area contributed by atoms with Crippen LogP contribution < -0.4 is 10.6 Å². The molecular weight excluding hydrogens is 297 g/mol.